The van der Waals surface area contributed by atoms with Crippen molar-refractivity contribution in [1.82, 2.24) is 19.7 Å². The van der Waals surface area contributed by atoms with Crippen LogP contribution in [0, 0.1) is 0 Å². The summed E-state index contributed by atoms with van der Waals surface area (Å²) in [5.74, 6) is 1.34. The molecule has 29 heavy (non-hydrogen) atoms. The summed E-state index contributed by atoms with van der Waals surface area (Å²) in [7, 11) is 1.57. The first-order chi connectivity index (χ1) is 14.2. The van der Waals surface area contributed by atoms with Crippen LogP contribution >= 0.6 is 0 Å². The molecule has 0 atom stereocenters. The van der Waals surface area contributed by atoms with E-state index >= 15 is 0 Å². The van der Waals surface area contributed by atoms with Gasteiger partial charge in [-0.2, -0.15) is 0 Å². The molecule has 0 saturated heterocycles. The molecule has 150 valence electrons. The molecule has 4 rings (SSSR count). The minimum atomic E-state index is -0.351. The fourth-order valence-corrected chi connectivity index (χ4v) is 3.16. The normalized spacial score (nSPS) is 13.1. The molecule has 0 aliphatic heterocycles. The molecule has 1 aliphatic rings. The lowest BCUT2D eigenvalue weighted by atomic mass is 10.2. The summed E-state index contributed by atoms with van der Waals surface area (Å²) < 4.78 is 8.34. The van der Waals surface area contributed by atoms with E-state index in [1.165, 1.54) is 4.68 Å². The van der Waals surface area contributed by atoms with E-state index in [9.17, 15) is 9.59 Å². The van der Waals surface area contributed by atoms with E-state index in [2.05, 4.69) is 15.7 Å². The van der Waals surface area contributed by atoms with Gasteiger partial charge in [-0.15, -0.1) is 5.10 Å². The first kappa shape index (κ1) is 18.8. The molecule has 1 saturated carbocycles. The molecule has 0 spiro atoms. The van der Waals surface area contributed by atoms with Gasteiger partial charge in [0.2, 0.25) is 0 Å². The molecule has 0 unspecified atom stereocenters. The number of ether oxygens (including phenoxy) is 1. The smallest absolute Gasteiger partial charge is 0.346 e. The first-order valence-electron chi connectivity index (χ1n) is 9.59. The standard InChI is InChI=1S/C21H23N5O3/c1-29-18-9-5-8-16(14-18)23-20(27)22-12-13-25-21(28)26(17-10-11-17)19(24-25)15-6-3-2-4-7-15/h2-9,14,17H,10-13H2,1H3,(H2,22,23,27). The fourth-order valence-electron chi connectivity index (χ4n) is 3.16. The van der Waals surface area contributed by atoms with Crippen molar-refractivity contribution in [2.45, 2.75) is 25.4 Å². The number of hydrogen-bond donors (Lipinski definition) is 2. The number of anilines is 1. The van der Waals surface area contributed by atoms with Crippen molar-refractivity contribution in [2.75, 3.05) is 19.0 Å². The second-order valence-electron chi connectivity index (χ2n) is 6.91. The Bertz CT molecular complexity index is 1050. The van der Waals surface area contributed by atoms with Crippen LogP contribution in [0.1, 0.15) is 18.9 Å². The molecule has 2 aromatic carbocycles. The Balaban J connectivity index is 1.41. The van der Waals surface area contributed by atoms with E-state index in [-0.39, 0.29) is 24.3 Å². The minimum Gasteiger partial charge on any atom is -0.497 e. The number of aromatic nitrogens is 3. The van der Waals surface area contributed by atoms with Crippen molar-refractivity contribution < 1.29 is 9.53 Å². The largest absolute Gasteiger partial charge is 0.497 e. The Labute approximate surface area is 168 Å². The van der Waals surface area contributed by atoms with Gasteiger partial charge in [-0.3, -0.25) is 4.57 Å². The Hall–Kier alpha value is -3.55. The molecule has 1 heterocycles. The van der Waals surface area contributed by atoms with Crippen LogP contribution in [0.2, 0.25) is 0 Å². The van der Waals surface area contributed by atoms with Gasteiger partial charge >= 0.3 is 11.7 Å². The summed E-state index contributed by atoms with van der Waals surface area (Å²) in [6, 6.07) is 16.7. The van der Waals surface area contributed by atoms with Crippen molar-refractivity contribution in [2.24, 2.45) is 0 Å². The highest BCUT2D eigenvalue weighted by Crippen LogP contribution is 2.36. The zero-order valence-electron chi connectivity index (χ0n) is 16.2. The Morgan fingerprint density at radius 3 is 2.69 bits per heavy atom. The fraction of sp³-hybridized carbons (Fsp3) is 0.286. The Kier molecular flexibility index (Phi) is 5.33. The van der Waals surface area contributed by atoms with Crippen LogP contribution in [0.4, 0.5) is 10.5 Å². The number of carbonyl (C=O) groups excluding carboxylic acids is 1. The number of urea groups is 1. The van der Waals surface area contributed by atoms with E-state index in [4.69, 9.17) is 4.74 Å². The number of hydrogen-bond acceptors (Lipinski definition) is 4. The third-order valence-electron chi connectivity index (χ3n) is 4.75. The zero-order valence-corrected chi connectivity index (χ0v) is 16.2. The van der Waals surface area contributed by atoms with Gasteiger partial charge < -0.3 is 15.4 Å². The third-order valence-corrected chi connectivity index (χ3v) is 4.75. The maximum Gasteiger partial charge on any atom is 0.346 e. The zero-order chi connectivity index (χ0) is 20.2. The SMILES string of the molecule is COc1cccc(NC(=O)NCCn2nc(-c3ccccc3)n(C3CC3)c2=O)c1. The topological polar surface area (TPSA) is 90.2 Å². The second kappa shape index (κ2) is 8.22. The van der Waals surface area contributed by atoms with Gasteiger partial charge in [0.1, 0.15) is 5.75 Å². The van der Waals surface area contributed by atoms with Crippen LogP contribution in [0.15, 0.2) is 59.4 Å². The summed E-state index contributed by atoms with van der Waals surface area (Å²) in [5, 5.41) is 10.0. The maximum atomic E-state index is 12.8. The number of nitrogens with one attached hydrogen (secondary N) is 2. The molecule has 3 aromatic rings. The second-order valence-corrected chi connectivity index (χ2v) is 6.91. The molecule has 1 aromatic heterocycles. The van der Waals surface area contributed by atoms with Gasteiger partial charge in [0, 0.05) is 29.9 Å². The average Bonchev–Trinajstić information content (AvgIpc) is 3.52. The van der Waals surface area contributed by atoms with Crippen molar-refractivity contribution >= 4 is 11.7 Å². The molecule has 2 N–H and O–H groups in total. The van der Waals surface area contributed by atoms with Crippen LogP contribution in [0.5, 0.6) is 5.75 Å². The minimum absolute atomic E-state index is 0.138. The average molecular weight is 393 g/mol. The highest BCUT2D eigenvalue weighted by Gasteiger charge is 2.30. The summed E-state index contributed by atoms with van der Waals surface area (Å²) in [6.07, 6.45) is 1.99. The molecule has 1 aliphatic carbocycles. The van der Waals surface area contributed by atoms with Gasteiger partial charge in [0.05, 0.1) is 13.7 Å². The summed E-state index contributed by atoms with van der Waals surface area (Å²) in [6.45, 7) is 0.579. The van der Waals surface area contributed by atoms with Gasteiger partial charge in [-0.1, -0.05) is 36.4 Å². The van der Waals surface area contributed by atoms with E-state index in [1.807, 2.05) is 30.3 Å². The molecule has 8 heteroatoms. The number of nitrogens with zero attached hydrogens (tertiary/aromatic N) is 3. The summed E-state index contributed by atoms with van der Waals surface area (Å²) in [4.78, 5) is 24.9. The Morgan fingerprint density at radius 1 is 1.17 bits per heavy atom. The first-order valence-corrected chi connectivity index (χ1v) is 9.59. The number of rotatable bonds is 7. The van der Waals surface area contributed by atoms with Crippen LogP contribution in [0.25, 0.3) is 11.4 Å². The van der Waals surface area contributed by atoms with E-state index in [0.29, 0.717) is 23.8 Å². The summed E-state index contributed by atoms with van der Waals surface area (Å²) >= 11 is 0. The molecule has 8 nitrogen and oxygen atoms in total. The van der Waals surface area contributed by atoms with E-state index in [0.717, 1.165) is 18.4 Å². The lowest BCUT2D eigenvalue weighted by Gasteiger charge is -2.08. The number of carbonyl (C=O) groups is 1. The van der Waals surface area contributed by atoms with Crippen LogP contribution in [-0.4, -0.2) is 34.0 Å². The van der Waals surface area contributed by atoms with Gasteiger partial charge in [-0.05, 0) is 25.0 Å². The van der Waals surface area contributed by atoms with Gasteiger partial charge in [0.25, 0.3) is 0 Å². The van der Waals surface area contributed by atoms with Crippen LogP contribution in [0.3, 0.4) is 0 Å². The maximum absolute atomic E-state index is 12.8. The number of benzene rings is 2. The molecule has 0 radical (unpaired) electrons. The summed E-state index contributed by atoms with van der Waals surface area (Å²) in [5.41, 5.74) is 1.41. The third kappa shape index (κ3) is 4.31. The highest BCUT2D eigenvalue weighted by molar-refractivity contribution is 5.89. The van der Waals surface area contributed by atoms with Gasteiger partial charge in [-0.25, -0.2) is 14.3 Å². The Morgan fingerprint density at radius 2 is 1.97 bits per heavy atom. The predicted molar refractivity (Wildman–Crippen MR) is 110 cm³/mol. The highest BCUT2D eigenvalue weighted by atomic mass is 16.5. The van der Waals surface area contributed by atoms with Crippen molar-refractivity contribution in [3.05, 3.63) is 65.1 Å². The monoisotopic (exact) mass is 393 g/mol. The van der Waals surface area contributed by atoms with Crippen LogP contribution < -0.4 is 21.1 Å². The molecule has 2 amide bonds. The van der Waals surface area contributed by atoms with E-state index < -0.39 is 0 Å². The molecular formula is C21H23N5O3. The number of amides is 2. The lowest BCUT2D eigenvalue weighted by molar-refractivity contribution is 0.251. The van der Waals surface area contributed by atoms with Crippen molar-refractivity contribution in [3.63, 3.8) is 0 Å². The predicted octanol–water partition coefficient (Wildman–Crippen LogP) is 2.88. The number of methoxy groups -OCH3 is 1. The molecule has 1 fully saturated rings. The lowest BCUT2D eigenvalue weighted by Crippen LogP contribution is -2.34. The quantitative estimate of drug-likeness (QED) is 0.646. The van der Waals surface area contributed by atoms with Gasteiger partial charge in [0.15, 0.2) is 5.82 Å². The molecular weight excluding hydrogens is 370 g/mol. The van der Waals surface area contributed by atoms with Crippen molar-refractivity contribution in [1.29, 1.82) is 0 Å². The van der Waals surface area contributed by atoms with Crippen LogP contribution in [-0.2, 0) is 6.54 Å². The van der Waals surface area contributed by atoms with E-state index in [1.54, 1.807) is 35.9 Å². The molecule has 0 bridgehead atoms. The van der Waals surface area contributed by atoms with Crippen molar-refractivity contribution in [3.8, 4) is 17.1 Å².